The molecule has 3 aromatic carbocycles. The second-order valence-electron chi connectivity index (χ2n) is 7.05. The van der Waals surface area contributed by atoms with Gasteiger partial charge in [0, 0.05) is 27.8 Å². The summed E-state index contributed by atoms with van der Waals surface area (Å²) in [4.78, 5) is 25.3. The maximum absolute atomic E-state index is 12.7. The van der Waals surface area contributed by atoms with Crippen LogP contribution in [0.15, 0.2) is 78.9 Å². The summed E-state index contributed by atoms with van der Waals surface area (Å²) in [6.45, 7) is 0. The molecule has 146 valence electrons. The number of ether oxygens (including phenoxy) is 1. The number of carbonyl (C=O) groups excluding carboxylic acids is 2. The third kappa shape index (κ3) is 4.84. The Morgan fingerprint density at radius 1 is 0.862 bits per heavy atom. The first-order chi connectivity index (χ1) is 14.1. The largest absolute Gasteiger partial charge is 0.476 e. The normalized spacial score (nSPS) is 14.1. The van der Waals surface area contributed by atoms with Crippen LogP contribution >= 0.6 is 11.6 Å². The molecule has 1 N–H and O–H groups in total. The van der Waals surface area contributed by atoms with Crippen molar-refractivity contribution in [1.82, 2.24) is 5.32 Å². The maximum atomic E-state index is 12.7. The van der Waals surface area contributed by atoms with Crippen molar-refractivity contribution in [3.8, 4) is 5.75 Å². The van der Waals surface area contributed by atoms with E-state index in [0.717, 1.165) is 18.4 Å². The number of benzene rings is 3. The molecule has 1 saturated carbocycles. The van der Waals surface area contributed by atoms with Crippen molar-refractivity contribution in [2.45, 2.75) is 25.0 Å². The van der Waals surface area contributed by atoms with Gasteiger partial charge in [-0.25, -0.2) is 0 Å². The summed E-state index contributed by atoms with van der Waals surface area (Å²) in [5.74, 6) is 0.275. The number of halogens is 1. The molecular formula is C24H20ClNO3. The molecule has 0 aromatic heterocycles. The van der Waals surface area contributed by atoms with Crippen molar-refractivity contribution in [2.24, 2.45) is 0 Å². The number of hydrogen-bond donors (Lipinski definition) is 1. The van der Waals surface area contributed by atoms with Gasteiger partial charge in [-0.05, 0) is 61.4 Å². The number of amides is 1. The maximum Gasteiger partial charge on any atom is 0.266 e. The molecule has 5 heteroatoms. The fourth-order valence-corrected chi connectivity index (χ4v) is 3.12. The Labute approximate surface area is 174 Å². The van der Waals surface area contributed by atoms with Crippen LogP contribution in [0.25, 0.3) is 0 Å². The molecule has 1 fully saturated rings. The van der Waals surface area contributed by atoms with Gasteiger partial charge >= 0.3 is 0 Å². The highest BCUT2D eigenvalue weighted by atomic mass is 35.5. The zero-order valence-electron chi connectivity index (χ0n) is 15.7. The molecule has 1 amide bonds. The molecule has 0 saturated heterocycles. The molecule has 4 rings (SSSR count). The van der Waals surface area contributed by atoms with Gasteiger partial charge in [0.05, 0.1) is 0 Å². The molecule has 0 spiro atoms. The van der Waals surface area contributed by atoms with E-state index < -0.39 is 6.10 Å². The zero-order valence-corrected chi connectivity index (χ0v) is 16.4. The molecule has 0 aliphatic heterocycles. The van der Waals surface area contributed by atoms with Crippen molar-refractivity contribution in [3.05, 3.63) is 101 Å². The lowest BCUT2D eigenvalue weighted by Crippen LogP contribution is -2.33. The van der Waals surface area contributed by atoms with E-state index in [1.165, 1.54) is 0 Å². The minimum absolute atomic E-state index is 0.0979. The highest BCUT2D eigenvalue weighted by Gasteiger charge is 2.29. The first kappa shape index (κ1) is 19.2. The third-order valence-corrected chi connectivity index (χ3v) is 4.99. The highest BCUT2D eigenvalue weighted by molar-refractivity contribution is 6.30. The lowest BCUT2D eigenvalue weighted by molar-refractivity contribution is -0.128. The lowest BCUT2D eigenvalue weighted by atomic mass is 10.0. The van der Waals surface area contributed by atoms with E-state index in [-0.39, 0.29) is 17.7 Å². The van der Waals surface area contributed by atoms with Gasteiger partial charge in [0.15, 0.2) is 5.78 Å². The third-order valence-electron chi connectivity index (χ3n) is 4.74. The molecule has 0 bridgehead atoms. The first-order valence-corrected chi connectivity index (χ1v) is 9.90. The molecule has 0 radical (unpaired) electrons. The summed E-state index contributed by atoms with van der Waals surface area (Å²) in [5.41, 5.74) is 1.89. The number of rotatable bonds is 7. The summed E-state index contributed by atoms with van der Waals surface area (Å²) >= 11 is 5.88. The van der Waals surface area contributed by atoms with Crippen LogP contribution in [-0.2, 0) is 4.79 Å². The predicted octanol–water partition coefficient (Wildman–Crippen LogP) is 4.97. The topological polar surface area (TPSA) is 55.4 Å². The summed E-state index contributed by atoms with van der Waals surface area (Å²) in [5, 5.41) is 3.58. The average Bonchev–Trinajstić information content (AvgIpc) is 3.57. The van der Waals surface area contributed by atoms with Crippen LogP contribution in [0.1, 0.15) is 40.4 Å². The fourth-order valence-electron chi connectivity index (χ4n) is 2.99. The quantitative estimate of drug-likeness (QED) is 0.564. The van der Waals surface area contributed by atoms with Gasteiger partial charge in [-0.3, -0.25) is 9.59 Å². The van der Waals surface area contributed by atoms with Crippen LogP contribution in [0, 0.1) is 0 Å². The van der Waals surface area contributed by atoms with Crippen LogP contribution in [0.2, 0.25) is 5.02 Å². The van der Waals surface area contributed by atoms with Crippen molar-refractivity contribution in [1.29, 1.82) is 0 Å². The van der Waals surface area contributed by atoms with Gasteiger partial charge in [-0.1, -0.05) is 41.9 Å². The summed E-state index contributed by atoms with van der Waals surface area (Å²) < 4.78 is 6.01. The van der Waals surface area contributed by atoms with E-state index in [4.69, 9.17) is 16.3 Å². The van der Waals surface area contributed by atoms with Crippen LogP contribution in [-0.4, -0.2) is 17.7 Å². The highest BCUT2D eigenvalue weighted by Crippen LogP contribution is 2.26. The summed E-state index contributed by atoms with van der Waals surface area (Å²) in [6, 6.07) is 23.2. The molecular weight excluding hydrogens is 386 g/mol. The minimum Gasteiger partial charge on any atom is -0.476 e. The van der Waals surface area contributed by atoms with Crippen molar-refractivity contribution >= 4 is 23.3 Å². The zero-order chi connectivity index (χ0) is 20.2. The minimum atomic E-state index is -0.741. The number of carbonyl (C=O) groups is 2. The SMILES string of the molecule is O=C(c1ccc(Cl)cc1)c1ccc(O[C@@H](C(=O)NC2CC2)c2ccccc2)cc1. The number of nitrogens with one attached hydrogen (secondary N) is 1. The molecule has 29 heavy (non-hydrogen) atoms. The Morgan fingerprint density at radius 2 is 1.45 bits per heavy atom. The Morgan fingerprint density at radius 3 is 2.03 bits per heavy atom. The van der Waals surface area contributed by atoms with E-state index in [0.29, 0.717) is 21.9 Å². The Bertz CT molecular complexity index is 997. The van der Waals surface area contributed by atoms with Gasteiger partial charge in [0.1, 0.15) is 5.75 Å². The molecule has 1 aliphatic carbocycles. The van der Waals surface area contributed by atoms with E-state index in [1.807, 2.05) is 30.3 Å². The molecule has 4 nitrogen and oxygen atoms in total. The van der Waals surface area contributed by atoms with Crippen molar-refractivity contribution in [3.63, 3.8) is 0 Å². The molecule has 1 atom stereocenters. The Kier molecular flexibility index (Phi) is 5.63. The number of ketones is 1. The van der Waals surface area contributed by atoms with Gasteiger partial charge in [0.2, 0.25) is 6.10 Å². The monoisotopic (exact) mass is 405 g/mol. The van der Waals surface area contributed by atoms with Gasteiger partial charge in [-0.15, -0.1) is 0 Å². The summed E-state index contributed by atoms with van der Waals surface area (Å²) in [7, 11) is 0. The predicted molar refractivity (Wildman–Crippen MR) is 112 cm³/mol. The van der Waals surface area contributed by atoms with E-state index in [1.54, 1.807) is 48.5 Å². The van der Waals surface area contributed by atoms with Crippen molar-refractivity contribution < 1.29 is 14.3 Å². The Hall–Kier alpha value is -3.11. The van der Waals surface area contributed by atoms with Crippen molar-refractivity contribution in [2.75, 3.05) is 0 Å². The second kappa shape index (κ2) is 8.50. The standard InChI is InChI=1S/C24H20ClNO3/c25-19-10-6-16(7-11-19)22(27)17-8-14-21(15-9-17)29-23(18-4-2-1-3-5-18)24(28)26-20-12-13-20/h1-11,14-15,20,23H,12-13H2,(H,26,28)/t23-/m1/s1. The van der Waals surface area contributed by atoms with E-state index >= 15 is 0 Å². The fraction of sp³-hybridized carbons (Fsp3) is 0.167. The Balaban J connectivity index is 1.51. The average molecular weight is 406 g/mol. The van der Waals surface area contributed by atoms with E-state index in [2.05, 4.69) is 5.32 Å². The second-order valence-corrected chi connectivity index (χ2v) is 7.49. The molecule has 1 aliphatic rings. The van der Waals surface area contributed by atoms with Gasteiger partial charge in [-0.2, -0.15) is 0 Å². The first-order valence-electron chi connectivity index (χ1n) is 9.52. The van der Waals surface area contributed by atoms with Gasteiger partial charge in [0.25, 0.3) is 5.91 Å². The lowest BCUT2D eigenvalue weighted by Gasteiger charge is -2.19. The molecule has 3 aromatic rings. The smallest absolute Gasteiger partial charge is 0.266 e. The summed E-state index contributed by atoms with van der Waals surface area (Å²) in [6.07, 6.45) is 1.28. The van der Waals surface area contributed by atoms with Crippen LogP contribution in [0.5, 0.6) is 5.75 Å². The number of hydrogen-bond acceptors (Lipinski definition) is 3. The van der Waals surface area contributed by atoms with Crippen LogP contribution in [0.3, 0.4) is 0 Å². The van der Waals surface area contributed by atoms with Gasteiger partial charge < -0.3 is 10.1 Å². The molecule has 0 heterocycles. The van der Waals surface area contributed by atoms with Crippen LogP contribution in [0.4, 0.5) is 0 Å². The molecule has 0 unspecified atom stereocenters. The van der Waals surface area contributed by atoms with E-state index in [9.17, 15) is 9.59 Å². The van der Waals surface area contributed by atoms with Crippen LogP contribution < -0.4 is 10.1 Å².